The van der Waals surface area contributed by atoms with Gasteiger partial charge < -0.3 is 9.84 Å². The van der Waals surface area contributed by atoms with E-state index in [0.717, 1.165) is 11.8 Å². The SMILES string of the molecule is COc1nc(Cl)nc(SC(C)(C)C(=O)O)n1. The lowest BCUT2D eigenvalue weighted by molar-refractivity contribution is -0.138. The summed E-state index contributed by atoms with van der Waals surface area (Å²) in [5.41, 5.74) is 0. The third-order valence-corrected chi connectivity index (χ3v) is 2.83. The van der Waals surface area contributed by atoms with Crippen LogP contribution >= 0.6 is 23.4 Å². The zero-order valence-electron chi connectivity index (χ0n) is 8.89. The van der Waals surface area contributed by atoms with Gasteiger partial charge in [-0.15, -0.1) is 0 Å². The Hall–Kier alpha value is -1.08. The number of methoxy groups -OCH3 is 1. The Morgan fingerprint density at radius 3 is 2.56 bits per heavy atom. The molecule has 0 aliphatic heterocycles. The molecule has 0 saturated carbocycles. The summed E-state index contributed by atoms with van der Waals surface area (Å²) in [6.45, 7) is 3.09. The van der Waals surface area contributed by atoms with Crippen LogP contribution in [-0.2, 0) is 4.79 Å². The second-order valence-corrected chi connectivity index (χ2v) is 5.22. The Balaban J connectivity index is 2.97. The first-order chi connectivity index (χ1) is 7.35. The van der Waals surface area contributed by atoms with Crippen molar-refractivity contribution in [2.75, 3.05) is 7.11 Å². The van der Waals surface area contributed by atoms with Crippen LogP contribution in [0.3, 0.4) is 0 Å². The number of aliphatic carboxylic acids is 1. The van der Waals surface area contributed by atoms with Crippen LogP contribution in [0.2, 0.25) is 5.28 Å². The van der Waals surface area contributed by atoms with Crippen LogP contribution < -0.4 is 4.74 Å². The fourth-order valence-corrected chi connectivity index (χ4v) is 1.73. The lowest BCUT2D eigenvalue weighted by atomic mass is 10.2. The Kier molecular flexibility index (Phi) is 3.93. The molecule has 0 unspecified atom stereocenters. The van der Waals surface area contributed by atoms with E-state index in [1.807, 2.05) is 0 Å². The van der Waals surface area contributed by atoms with Gasteiger partial charge in [-0.1, -0.05) is 11.8 Å². The van der Waals surface area contributed by atoms with Gasteiger partial charge in [-0.05, 0) is 25.4 Å². The first-order valence-electron chi connectivity index (χ1n) is 4.23. The first kappa shape index (κ1) is 13.0. The highest BCUT2D eigenvalue weighted by Crippen LogP contribution is 2.31. The lowest BCUT2D eigenvalue weighted by Crippen LogP contribution is -2.27. The smallest absolute Gasteiger partial charge is 0.321 e. The first-order valence-corrected chi connectivity index (χ1v) is 5.42. The van der Waals surface area contributed by atoms with Crippen molar-refractivity contribution in [3.8, 4) is 6.01 Å². The molecule has 1 N–H and O–H groups in total. The van der Waals surface area contributed by atoms with E-state index in [2.05, 4.69) is 15.0 Å². The fourth-order valence-electron chi connectivity index (χ4n) is 0.723. The Morgan fingerprint density at radius 2 is 2.06 bits per heavy atom. The maximum absolute atomic E-state index is 10.9. The van der Waals surface area contributed by atoms with E-state index in [4.69, 9.17) is 21.4 Å². The molecular weight excluding hydrogens is 254 g/mol. The van der Waals surface area contributed by atoms with E-state index < -0.39 is 10.7 Å². The molecule has 1 aromatic heterocycles. The molecule has 88 valence electrons. The van der Waals surface area contributed by atoms with E-state index >= 15 is 0 Å². The molecule has 8 heteroatoms. The molecule has 1 rings (SSSR count). The standard InChI is InChI=1S/C8H10ClN3O3S/c1-8(2,4(13)14)16-7-11-5(9)10-6(12-7)15-3/h1-3H3,(H,13,14). The second kappa shape index (κ2) is 4.84. The van der Waals surface area contributed by atoms with Crippen molar-refractivity contribution in [2.24, 2.45) is 0 Å². The Morgan fingerprint density at radius 1 is 1.44 bits per heavy atom. The molecule has 6 nitrogen and oxygen atoms in total. The molecular formula is C8H10ClN3O3S. The lowest BCUT2D eigenvalue weighted by Gasteiger charge is -2.16. The summed E-state index contributed by atoms with van der Waals surface area (Å²) in [7, 11) is 1.39. The molecule has 0 spiro atoms. The summed E-state index contributed by atoms with van der Waals surface area (Å²) in [6.07, 6.45) is 0. The minimum Gasteiger partial charge on any atom is -0.480 e. The summed E-state index contributed by atoms with van der Waals surface area (Å²) in [5, 5.41) is 9.12. The highest BCUT2D eigenvalue weighted by molar-refractivity contribution is 8.01. The number of rotatable bonds is 4. The van der Waals surface area contributed by atoms with E-state index in [0.29, 0.717) is 0 Å². The third kappa shape index (κ3) is 3.21. The highest BCUT2D eigenvalue weighted by Gasteiger charge is 2.30. The van der Waals surface area contributed by atoms with Crippen molar-refractivity contribution in [3.05, 3.63) is 5.28 Å². The maximum atomic E-state index is 10.9. The predicted octanol–water partition coefficient (Wildman–Crippen LogP) is 1.49. The average molecular weight is 264 g/mol. The molecule has 1 heterocycles. The third-order valence-electron chi connectivity index (χ3n) is 1.61. The fraction of sp³-hybridized carbons (Fsp3) is 0.500. The van der Waals surface area contributed by atoms with Gasteiger partial charge in [0.15, 0.2) is 5.16 Å². The van der Waals surface area contributed by atoms with Gasteiger partial charge in [0.2, 0.25) is 5.28 Å². The molecule has 0 aliphatic carbocycles. The quantitative estimate of drug-likeness (QED) is 0.824. The average Bonchev–Trinajstić information content (AvgIpc) is 2.15. The van der Waals surface area contributed by atoms with Gasteiger partial charge in [0.05, 0.1) is 7.11 Å². The number of nitrogens with zero attached hydrogens (tertiary/aromatic N) is 3. The van der Waals surface area contributed by atoms with Crippen LogP contribution in [0.25, 0.3) is 0 Å². The monoisotopic (exact) mass is 263 g/mol. The number of hydrogen-bond acceptors (Lipinski definition) is 6. The molecule has 0 aliphatic rings. The molecule has 0 saturated heterocycles. The van der Waals surface area contributed by atoms with Gasteiger partial charge in [-0.25, -0.2) is 0 Å². The molecule has 1 aromatic rings. The van der Waals surface area contributed by atoms with Gasteiger partial charge in [0, 0.05) is 0 Å². The van der Waals surface area contributed by atoms with Gasteiger partial charge in [-0.2, -0.15) is 15.0 Å². The van der Waals surface area contributed by atoms with E-state index in [-0.39, 0.29) is 16.5 Å². The number of thioether (sulfide) groups is 1. The molecule has 0 radical (unpaired) electrons. The van der Waals surface area contributed by atoms with E-state index in [9.17, 15) is 4.79 Å². The zero-order chi connectivity index (χ0) is 12.3. The molecule has 0 amide bonds. The van der Waals surface area contributed by atoms with Gasteiger partial charge in [0.25, 0.3) is 0 Å². The minimum absolute atomic E-state index is 0.0319. The number of carboxylic acids is 1. The van der Waals surface area contributed by atoms with E-state index in [1.165, 1.54) is 7.11 Å². The number of carbonyl (C=O) groups is 1. The molecule has 0 bridgehead atoms. The second-order valence-electron chi connectivity index (χ2n) is 3.29. The number of aromatic nitrogens is 3. The summed E-state index contributed by atoms with van der Waals surface area (Å²) in [6, 6.07) is 0.0590. The van der Waals surface area contributed by atoms with Crippen molar-refractivity contribution < 1.29 is 14.6 Å². The number of halogens is 1. The van der Waals surface area contributed by atoms with Crippen LogP contribution in [0.15, 0.2) is 5.16 Å². The molecule has 0 atom stereocenters. The number of carboxylic acid groups (broad SMARTS) is 1. The zero-order valence-corrected chi connectivity index (χ0v) is 10.5. The van der Waals surface area contributed by atoms with Crippen molar-refractivity contribution in [1.29, 1.82) is 0 Å². The maximum Gasteiger partial charge on any atom is 0.321 e. The van der Waals surface area contributed by atoms with Gasteiger partial charge in [0.1, 0.15) is 4.75 Å². The van der Waals surface area contributed by atoms with Crippen molar-refractivity contribution >= 4 is 29.3 Å². The molecule has 0 aromatic carbocycles. The van der Waals surface area contributed by atoms with Crippen molar-refractivity contribution in [2.45, 2.75) is 23.8 Å². The summed E-state index contributed by atoms with van der Waals surface area (Å²) >= 11 is 6.61. The number of hydrogen-bond donors (Lipinski definition) is 1. The molecule has 0 fully saturated rings. The van der Waals surface area contributed by atoms with Crippen LogP contribution in [0, 0.1) is 0 Å². The van der Waals surface area contributed by atoms with Crippen LogP contribution in [0.4, 0.5) is 0 Å². The van der Waals surface area contributed by atoms with Gasteiger partial charge >= 0.3 is 12.0 Å². The van der Waals surface area contributed by atoms with E-state index in [1.54, 1.807) is 13.8 Å². The predicted molar refractivity (Wildman–Crippen MR) is 59.0 cm³/mol. The minimum atomic E-state index is -1.05. The Bertz CT molecular complexity index is 414. The summed E-state index contributed by atoms with van der Waals surface area (Å²) < 4.78 is 3.76. The van der Waals surface area contributed by atoms with Crippen molar-refractivity contribution in [1.82, 2.24) is 15.0 Å². The summed E-state index contributed by atoms with van der Waals surface area (Å²) in [4.78, 5) is 22.3. The van der Waals surface area contributed by atoms with Crippen LogP contribution in [-0.4, -0.2) is 37.9 Å². The van der Waals surface area contributed by atoms with Crippen molar-refractivity contribution in [3.63, 3.8) is 0 Å². The topological polar surface area (TPSA) is 85.2 Å². The normalized spacial score (nSPS) is 11.2. The van der Waals surface area contributed by atoms with Crippen LogP contribution in [0.1, 0.15) is 13.8 Å². The van der Waals surface area contributed by atoms with Crippen LogP contribution in [0.5, 0.6) is 6.01 Å². The molecule has 16 heavy (non-hydrogen) atoms. The number of ether oxygens (including phenoxy) is 1. The largest absolute Gasteiger partial charge is 0.480 e. The highest BCUT2D eigenvalue weighted by atomic mass is 35.5. The summed E-state index contributed by atoms with van der Waals surface area (Å²) in [5.74, 6) is -0.965. The van der Waals surface area contributed by atoms with Gasteiger partial charge in [-0.3, -0.25) is 4.79 Å². The Labute approximate surface area is 101 Å².